The van der Waals surface area contributed by atoms with Gasteiger partial charge in [0, 0.05) is 12.3 Å². The van der Waals surface area contributed by atoms with Gasteiger partial charge in [0.2, 0.25) is 0 Å². The van der Waals surface area contributed by atoms with Crippen LogP contribution in [0.15, 0.2) is 0 Å². The average Bonchev–Trinajstić information content (AvgIpc) is 2.87. The van der Waals surface area contributed by atoms with Crippen LogP contribution in [0.25, 0.3) is 0 Å². The van der Waals surface area contributed by atoms with Crippen molar-refractivity contribution in [3.63, 3.8) is 0 Å². The number of nitrogens with two attached hydrogens (primary N) is 1. The maximum absolute atomic E-state index is 5.56. The number of nitrogens with zero attached hydrogens (tertiary/aromatic N) is 2. The minimum absolute atomic E-state index is 0.602. The topological polar surface area (TPSA) is 67.6 Å². The van der Waals surface area contributed by atoms with Gasteiger partial charge >= 0.3 is 0 Å². The molecule has 0 saturated heterocycles. The van der Waals surface area contributed by atoms with Crippen LogP contribution in [0.2, 0.25) is 0 Å². The minimum Gasteiger partial charge on any atom is -0.330 e. The molecule has 0 bridgehead atoms. The molecule has 2 rings (SSSR count). The zero-order chi connectivity index (χ0) is 12.8. The molecule has 4 nitrogen and oxygen atoms in total. The predicted octanol–water partition coefficient (Wildman–Crippen LogP) is 2.77. The van der Waals surface area contributed by atoms with E-state index in [2.05, 4.69) is 22.1 Å². The van der Waals surface area contributed by atoms with Gasteiger partial charge in [-0.05, 0) is 38.1 Å². The van der Waals surface area contributed by atoms with Crippen LogP contribution in [-0.4, -0.2) is 21.7 Å². The van der Waals surface area contributed by atoms with Crippen molar-refractivity contribution in [2.45, 2.75) is 64.2 Å². The quantitative estimate of drug-likeness (QED) is 0.815. The number of nitrogens with one attached hydrogen (secondary N) is 1. The smallest absolute Gasteiger partial charge is 0.153 e. The minimum atomic E-state index is 0.602. The van der Waals surface area contributed by atoms with Gasteiger partial charge in [0.15, 0.2) is 5.82 Å². The highest BCUT2D eigenvalue weighted by atomic mass is 15.2. The van der Waals surface area contributed by atoms with Gasteiger partial charge in [-0.15, -0.1) is 0 Å². The summed E-state index contributed by atoms with van der Waals surface area (Å²) in [5.41, 5.74) is 5.56. The Morgan fingerprint density at radius 2 is 2.06 bits per heavy atom. The van der Waals surface area contributed by atoms with Crippen LogP contribution in [0.5, 0.6) is 0 Å². The Labute approximate surface area is 110 Å². The molecule has 3 N–H and O–H groups in total. The first kappa shape index (κ1) is 13.5. The lowest BCUT2D eigenvalue weighted by Crippen LogP contribution is -2.07. The summed E-state index contributed by atoms with van der Waals surface area (Å²) < 4.78 is 0. The van der Waals surface area contributed by atoms with E-state index in [9.17, 15) is 0 Å². The molecule has 1 unspecified atom stereocenters. The van der Waals surface area contributed by atoms with E-state index in [1.807, 2.05) is 0 Å². The number of aromatic amines is 1. The Kier molecular flexibility index (Phi) is 5.17. The number of hydrogen-bond donors (Lipinski definition) is 2. The molecule has 1 atom stereocenters. The third kappa shape index (κ3) is 3.80. The van der Waals surface area contributed by atoms with Crippen LogP contribution in [0.3, 0.4) is 0 Å². The molecule has 0 radical (unpaired) electrons. The molecule has 1 aromatic rings. The van der Waals surface area contributed by atoms with E-state index in [0.717, 1.165) is 37.5 Å². The lowest BCUT2D eigenvalue weighted by Gasteiger charge is -2.18. The van der Waals surface area contributed by atoms with Crippen LogP contribution in [0.4, 0.5) is 0 Å². The van der Waals surface area contributed by atoms with Crippen LogP contribution in [-0.2, 0) is 6.42 Å². The van der Waals surface area contributed by atoms with E-state index < -0.39 is 0 Å². The summed E-state index contributed by atoms with van der Waals surface area (Å²) in [5, 5.41) is 7.51. The Bertz CT molecular complexity index is 341. The zero-order valence-corrected chi connectivity index (χ0v) is 11.5. The average molecular weight is 250 g/mol. The van der Waals surface area contributed by atoms with Gasteiger partial charge in [0.1, 0.15) is 5.82 Å². The zero-order valence-electron chi connectivity index (χ0n) is 11.5. The van der Waals surface area contributed by atoms with E-state index in [1.54, 1.807) is 0 Å². The maximum atomic E-state index is 5.56. The fraction of sp³-hybridized carbons (Fsp3) is 0.857. The van der Waals surface area contributed by atoms with Crippen molar-refractivity contribution < 1.29 is 0 Å². The summed E-state index contributed by atoms with van der Waals surface area (Å²) in [4.78, 5) is 4.67. The fourth-order valence-electron chi connectivity index (χ4n) is 2.78. The summed E-state index contributed by atoms with van der Waals surface area (Å²) in [5.74, 6) is 3.39. The van der Waals surface area contributed by atoms with Crippen molar-refractivity contribution in [2.75, 3.05) is 6.54 Å². The fourth-order valence-corrected chi connectivity index (χ4v) is 2.78. The van der Waals surface area contributed by atoms with Crippen LogP contribution in [0, 0.1) is 5.92 Å². The van der Waals surface area contributed by atoms with E-state index in [-0.39, 0.29) is 0 Å². The number of aryl methyl sites for hydroxylation is 1. The monoisotopic (exact) mass is 250 g/mol. The molecule has 1 saturated carbocycles. The number of aromatic nitrogens is 3. The Morgan fingerprint density at radius 1 is 1.28 bits per heavy atom. The summed E-state index contributed by atoms with van der Waals surface area (Å²) in [7, 11) is 0. The Morgan fingerprint density at radius 3 is 2.78 bits per heavy atom. The molecule has 1 aromatic heterocycles. The predicted molar refractivity (Wildman–Crippen MR) is 73.4 cm³/mol. The first-order valence-electron chi connectivity index (χ1n) is 7.41. The van der Waals surface area contributed by atoms with Crippen LogP contribution in [0.1, 0.15) is 69.4 Å². The molecule has 0 aliphatic heterocycles. The molecule has 0 amide bonds. The van der Waals surface area contributed by atoms with Crippen molar-refractivity contribution >= 4 is 0 Å². The van der Waals surface area contributed by atoms with Gasteiger partial charge < -0.3 is 5.73 Å². The van der Waals surface area contributed by atoms with Gasteiger partial charge in [-0.2, -0.15) is 5.10 Å². The summed E-state index contributed by atoms with van der Waals surface area (Å²) >= 11 is 0. The summed E-state index contributed by atoms with van der Waals surface area (Å²) in [6, 6.07) is 0. The molecule has 1 fully saturated rings. The second-order valence-electron chi connectivity index (χ2n) is 5.70. The SMILES string of the molecule is CC(CCN)CCc1nc(C2CCCCC2)n[nH]1. The second kappa shape index (κ2) is 6.88. The molecule has 0 aromatic carbocycles. The third-order valence-corrected chi connectivity index (χ3v) is 4.05. The summed E-state index contributed by atoms with van der Waals surface area (Å²) in [6.45, 7) is 3.04. The second-order valence-corrected chi connectivity index (χ2v) is 5.70. The van der Waals surface area contributed by atoms with Gasteiger partial charge in [-0.3, -0.25) is 5.10 Å². The van der Waals surface area contributed by atoms with Gasteiger partial charge in [-0.25, -0.2) is 4.98 Å². The normalized spacial score (nSPS) is 19.0. The van der Waals surface area contributed by atoms with Crippen LogP contribution < -0.4 is 5.73 Å². The van der Waals surface area contributed by atoms with E-state index in [1.165, 1.54) is 32.1 Å². The van der Waals surface area contributed by atoms with E-state index in [0.29, 0.717) is 11.8 Å². The molecule has 102 valence electrons. The molecular weight excluding hydrogens is 224 g/mol. The summed E-state index contributed by atoms with van der Waals surface area (Å²) in [6.07, 6.45) is 9.83. The molecule has 4 heteroatoms. The maximum Gasteiger partial charge on any atom is 0.153 e. The lowest BCUT2D eigenvalue weighted by atomic mass is 9.89. The van der Waals surface area contributed by atoms with E-state index >= 15 is 0 Å². The highest BCUT2D eigenvalue weighted by Gasteiger charge is 2.19. The third-order valence-electron chi connectivity index (χ3n) is 4.05. The highest BCUT2D eigenvalue weighted by molar-refractivity contribution is 4.99. The number of H-pyrrole nitrogens is 1. The standard InChI is InChI=1S/C14H26N4/c1-11(9-10-15)7-8-13-16-14(18-17-13)12-5-3-2-4-6-12/h11-12H,2-10,15H2,1H3,(H,16,17,18). The molecule has 0 spiro atoms. The number of hydrogen-bond acceptors (Lipinski definition) is 3. The molecular formula is C14H26N4. The van der Waals surface area contributed by atoms with Crippen LogP contribution >= 0.6 is 0 Å². The van der Waals surface area contributed by atoms with Gasteiger partial charge in [0.25, 0.3) is 0 Å². The molecule has 1 heterocycles. The van der Waals surface area contributed by atoms with Crippen molar-refractivity contribution in [1.29, 1.82) is 0 Å². The first-order valence-corrected chi connectivity index (χ1v) is 7.41. The highest BCUT2D eigenvalue weighted by Crippen LogP contribution is 2.30. The van der Waals surface area contributed by atoms with Crippen molar-refractivity contribution in [3.8, 4) is 0 Å². The molecule has 18 heavy (non-hydrogen) atoms. The van der Waals surface area contributed by atoms with E-state index in [4.69, 9.17) is 5.73 Å². The largest absolute Gasteiger partial charge is 0.330 e. The first-order chi connectivity index (χ1) is 8.79. The molecule has 1 aliphatic rings. The van der Waals surface area contributed by atoms with Crippen molar-refractivity contribution in [1.82, 2.24) is 15.2 Å². The Balaban J connectivity index is 1.82. The molecule has 1 aliphatic carbocycles. The lowest BCUT2D eigenvalue weighted by molar-refractivity contribution is 0.429. The van der Waals surface area contributed by atoms with Gasteiger partial charge in [0.05, 0.1) is 0 Å². The van der Waals surface area contributed by atoms with Gasteiger partial charge in [-0.1, -0.05) is 26.2 Å². The van der Waals surface area contributed by atoms with Crippen molar-refractivity contribution in [2.24, 2.45) is 11.7 Å². The Hall–Kier alpha value is -0.900. The van der Waals surface area contributed by atoms with Crippen molar-refractivity contribution in [3.05, 3.63) is 11.6 Å². The number of rotatable bonds is 6.